The van der Waals surface area contributed by atoms with E-state index in [1.54, 1.807) is 0 Å². The van der Waals surface area contributed by atoms with Crippen molar-refractivity contribution in [2.24, 2.45) is 23.7 Å². The molecule has 1 aromatic heterocycles. The number of aromatic nitrogens is 1. The van der Waals surface area contributed by atoms with Crippen LogP contribution in [0.3, 0.4) is 0 Å². The van der Waals surface area contributed by atoms with Gasteiger partial charge in [0.1, 0.15) is 5.82 Å². The van der Waals surface area contributed by atoms with E-state index in [1.165, 1.54) is 5.56 Å². The van der Waals surface area contributed by atoms with Crippen LogP contribution >= 0.6 is 0 Å². The average Bonchev–Trinajstić information content (AvgIpc) is 2.39. The lowest BCUT2D eigenvalue weighted by Crippen LogP contribution is -2.24. The highest BCUT2D eigenvalue weighted by molar-refractivity contribution is 5.35. The average molecular weight is 291 g/mol. The van der Waals surface area contributed by atoms with Crippen LogP contribution in [-0.2, 0) is 6.54 Å². The molecule has 3 nitrogen and oxygen atoms in total. The molecule has 0 amide bonds. The van der Waals surface area contributed by atoms with Crippen LogP contribution in [0.15, 0.2) is 18.3 Å². The predicted molar refractivity (Wildman–Crippen MR) is 92.4 cm³/mol. The topological polar surface area (TPSA) is 37.0 Å². The molecule has 0 unspecified atom stereocenters. The molecule has 0 aromatic carbocycles. The number of rotatable bonds is 9. The Bertz CT molecular complexity index is 374. The van der Waals surface area contributed by atoms with Crippen LogP contribution < -0.4 is 10.6 Å². The number of nitrogens with zero attached hydrogens (tertiary/aromatic N) is 1. The maximum absolute atomic E-state index is 4.52. The van der Waals surface area contributed by atoms with Gasteiger partial charge in [-0.3, -0.25) is 0 Å². The predicted octanol–water partition coefficient (Wildman–Crippen LogP) is 4.17. The van der Waals surface area contributed by atoms with Crippen LogP contribution in [0.2, 0.25) is 0 Å². The third-order valence-electron chi connectivity index (χ3n) is 3.94. The van der Waals surface area contributed by atoms with Crippen molar-refractivity contribution in [3.05, 3.63) is 23.9 Å². The Hall–Kier alpha value is -1.09. The molecule has 21 heavy (non-hydrogen) atoms. The van der Waals surface area contributed by atoms with Crippen molar-refractivity contribution in [3.63, 3.8) is 0 Å². The van der Waals surface area contributed by atoms with Crippen molar-refractivity contribution >= 4 is 5.82 Å². The minimum atomic E-state index is 0.680. The minimum Gasteiger partial charge on any atom is -0.370 e. The normalized spacial score (nSPS) is 11.9. The standard InChI is InChI=1S/C18H33N3/c1-13(2)9-19-10-16-7-8-18(20-11-16)21-12-17(14(3)4)15(5)6/h7-8,11,13-15,17,19H,9-10,12H2,1-6H3,(H,20,21). The summed E-state index contributed by atoms with van der Waals surface area (Å²) < 4.78 is 0. The summed E-state index contributed by atoms with van der Waals surface area (Å²) in [5, 5.41) is 6.92. The van der Waals surface area contributed by atoms with Gasteiger partial charge in [-0.25, -0.2) is 4.98 Å². The fourth-order valence-electron chi connectivity index (χ4n) is 2.60. The van der Waals surface area contributed by atoms with Gasteiger partial charge in [0.25, 0.3) is 0 Å². The Balaban J connectivity index is 2.43. The molecule has 1 rings (SSSR count). The van der Waals surface area contributed by atoms with Crippen molar-refractivity contribution in [2.45, 2.75) is 48.1 Å². The van der Waals surface area contributed by atoms with Crippen molar-refractivity contribution in [1.29, 1.82) is 0 Å². The fourth-order valence-corrected chi connectivity index (χ4v) is 2.60. The van der Waals surface area contributed by atoms with Gasteiger partial charge in [0.05, 0.1) is 0 Å². The molecular weight excluding hydrogens is 258 g/mol. The van der Waals surface area contributed by atoms with Crippen LogP contribution in [0.5, 0.6) is 0 Å². The SMILES string of the molecule is CC(C)CNCc1ccc(NCC(C(C)C)C(C)C)nc1. The molecule has 0 saturated heterocycles. The summed E-state index contributed by atoms with van der Waals surface area (Å²) >= 11 is 0. The van der Waals surface area contributed by atoms with E-state index >= 15 is 0 Å². The zero-order valence-electron chi connectivity index (χ0n) is 14.6. The Morgan fingerprint density at radius 3 is 2.10 bits per heavy atom. The van der Waals surface area contributed by atoms with Crippen LogP contribution in [0, 0.1) is 23.7 Å². The molecule has 0 radical (unpaired) electrons. The van der Waals surface area contributed by atoms with Crippen molar-refractivity contribution in [3.8, 4) is 0 Å². The van der Waals surface area contributed by atoms with Gasteiger partial charge in [-0.1, -0.05) is 47.6 Å². The van der Waals surface area contributed by atoms with Gasteiger partial charge in [0, 0.05) is 19.3 Å². The number of anilines is 1. The van der Waals surface area contributed by atoms with E-state index in [0.29, 0.717) is 23.7 Å². The van der Waals surface area contributed by atoms with Crippen LogP contribution in [0.1, 0.15) is 47.1 Å². The zero-order valence-corrected chi connectivity index (χ0v) is 14.6. The summed E-state index contributed by atoms with van der Waals surface area (Å²) in [5.74, 6) is 3.73. The highest BCUT2D eigenvalue weighted by Gasteiger charge is 2.17. The van der Waals surface area contributed by atoms with E-state index in [-0.39, 0.29) is 0 Å². The lowest BCUT2D eigenvalue weighted by atomic mass is 9.85. The Morgan fingerprint density at radius 2 is 1.62 bits per heavy atom. The third-order valence-corrected chi connectivity index (χ3v) is 3.94. The summed E-state index contributed by atoms with van der Waals surface area (Å²) in [6, 6.07) is 4.24. The molecular formula is C18H33N3. The molecule has 1 heterocycles. The Kier molecular flexibility index (Phi) is 7.73. The summed E-state index contributed by atoms with van der Waals surface area (Å²) in [5.41, 5.74) is 1.24. The van der Waals surface area contributed by atoms with E-state index in [4.69, 9.17) is 0 Å². The molecule has 2 N–H and O–H groups in total. The van der Waals surface area contributed by atoms with E-state index < -0.39 is 0 Å². The minimum absolute atomic E-state index is 0.680. The lowest BCUT2D eigenvalue weighted by Gasteiger charge is -2.25. The first kappa shape index (κ1) is 18.0. The molecule has 0 bridgehead atoms. The van der Waals surface area contributed by atoms with Gasteiger partial charge in [-0.15, -0.1) is 0 Å². The molecule has 0 atom stereocenters. The monoisotopic (exact) mass is 291 g/mol. The van der Waals surface area contributed by atoms with Crippen LogP contribution in [0.4, 0.5) is 5.82 Å². The smallest absolute Gasteiger partial charge is 0.125 e. The van der Waals surface area contributed by atoms with Gasteiger partial charge < -0.3 is 10.6 Å². The summed E-state index contributed by atoms with van der Waals surface area (Å²) in [4.78, 5) is 4.52. The van der Waals surface area contributed by atoms with Crippen LogP contribution in [-0.4, -0.2) is 18.1 Å². The van der Waals surface area contributed by atoms with Crippen LogP contribution in [0.25, 0.3) is 0 Å². The molecule has 0 aliphatic carbocycles. The van der Waals surface area contributed by atoms with Crippen molar-refractivity contribution < 1.29 is 0 Å². The summed E-state index contributed by atoms with van der Waals surface area (Å²) in [6.45, 7) is 16.6. The summed E-state index contributed by atoms with van der Waals surface area (Å²) in [6.07, 6.45) is 1.97. The molecule has 0 spiro atoms. The second-order valence-electron chi connectivity index (χ2n) is 7.11. The molecule has 120 valence electrons. The largest absolute Gasteiger partial charge is 0.370 e. The maximum atomic E-state index is 4.52. The van der Waals surface area contributed by atoms with Gasteiger partial charge in [0.2, 0.25) is 0 Å². The van der Waals surface area contributed by atoms with Gasteiger partial charge >= 0.3 is 0 Å². The van der Waals surface area contributed by atoms with Gasteiger partial charge in [-0.05, 0) is 41.8 Å². The van der Waals surface area contributed by atoms with Gasteiger partial charge in [0.15, 0.2) is 0 Å². The first-order chi connectivity index (χ1) is 9.90. The van der Waals surface area contributed by atoms with Gasteiger partial charge in [-0.2, -0.15) is 0 Å². The molecule has 0 saturated carbocycles. The number of hydrogen-bond acceptors (Lipinski definition) is 3. The summed E-state index contributed by atoms with van der Waals surface area (Å²) in [7, 11) is 0. The Labute approximate surface area is 130 Å². The molecule has 3 heteroatoms. The molecule has 1 aromatic rings. The number of pyridine rings is 1. The maximum Gasteiger partial charge on any atom is 0.125 e. The van der Waals surface area contributed by atoms with Crippen molar-refractivity contribution in [1.82, 2.24) is 10.3 Å². The van der Waals surface area contributed by atoms with E-state index in [0.717, 1.165) is 25.5 Å². The van der Waals surface area contributed by atoms with E-state index in [1.807, 2.05) is 6.20 Å². The molecule has 0 fully saturated rings. The zero-order chi connectivity index (χ0) is 15.8. The van der Waals surface area contributed by atoms with E-state index in [9.17, 15) is 0 Å². The second kappa shape index (κ2) is 9.04. The van der Waals surface area contributed by atoms with E-state index in [2.05, 4.69) is 69.3 Å². The number of hydrogen-bond donors (Lipinski definition) is 2. The quantitative estimate of drug-likeness (QED) is 0.717. The lowest BCUT2D eigenvalue weighted by molar-refractivity contribution is 0.304. The highest BCUT2D eigenvalue weighted by atomic mass is 15.0. The fraction of sp³-hybridized carbons (Fsp3) is 0.722. The highest BCUT2D eigenvalue weighted by Crippen LogP contribution is 2.20. The Morgan fingerprint density at radius 1 is 0.952 bits per heavy atom. The molecule has 0 aliphatic rings. The molecule has 0 aliphatic heterocycles. The third kappa shape index (κ3) is 6.94. The first-order valence-electron chi connectivity index (χ1n) is 8.29. The van der Waals surface area contributed by atoms with Crippen molar-refractivity contribution in [2.75, 3.05) is 18.4 Å². The number of nitrogens with one attached hydrogen (secondary N) is 2. The second-order valence-corrected chi connectivity index (χ2v) is 7.11. The first-order valence-corrected chi connectivity index (χ1v) is 8.29.